The molecule has 0 aliphatic carbocycles. The van der Waals surface area contributed by atoms with Gasteiger partial charge >= 0.3 is 0 Å². The van der Waals surface area contributed by atoms with E-state index in [1.807, 2.05) is 31.4 Å². The normalized spacial score (nSPS) is 10.6. The van der Waals surface area contributed by atoms with Crippen molar-refractivity contribution in [2.24, 2.45) is 0 Å². The summed E-state index contributed by atoms with van der Waals surface area (Å²) >= 11 is 7.75. The average molecular weight is 381 g/mol. The summed E-state index contributed by atoms with van der Waals surface area (Å²) in [4.78, 5) is 29.5. The number of anilines is 2. The first-order chi connectivity index (χ1) is 11.8. The number of benzene rings is 1. The lowest BCUT2D eigenvalue weighted by Gasteiger charge is -2.22. The molecule has 0 bridgehead atoms. The molecule has 0 aliphatic rings. The SMILES string of the molecule is CNC(=O)CNCc1csc(N(C(C)=O)c2c(C)cc(C)cc2Cl)n1. The van der Waals surface area contributed by atoms with Crippen LogP contribution in [0.15, 0.2) is 17.5 Å². The van der Waals surface area contributed by atoms with Crippen LogP contribution >= 0.6 is 22.9 Å². The van der Waals surface area contributed by atoms with Crippen molar-refractivity contribution in [3.8, 4) is 0 Å². The van der Waals surface area contributed by atoms with Crippen LogP contribution in [0.4, 0.5) is 10.8 Å². The Hall–Kier alpha value is -1.96. The molecule has 0 atom stereocenters. The van der Waals surface area contributed by atoms with E-state index in [1.54, 1.807) is 7.05 Å². The number of nitrogens with one attached hydrogen (secondary N) is 2. The molecule has 134 valence electrons. The summed E-state index contributed by atoms with van der Waals surface area (Å²) in [6.07, 6.45) is 0. The quantitative estimate of drug-likeness (QED) is 0.808. The highest BCUT2D eigenvalue weighted by Crippen LogP contribution is 2.37. The summed E-state index contributed by atoms with van der Waals surface area (Å²) in [5.74, 6) is -0.254. The highest BCUT2D eigenvalue weighted by Gasteiger charge is 2.22. The minimum absolute atomic E-state index is 0.0946. The smallest absolute Gasteiger partial charge is 0.233 e. The second-order valence-electron chi connectivity index (χ2n) is 5.66. The molecular weight excluding hydrogens is 360 g/mol. The molecule has 1 heterocycles. The number of rotatable bonds is 6. The lowest BCUT2D eigenvalue weighted by molar-refractivity contribution is -0.119. The molecule has 0 saturated heterocycles. The van der Waals surface area contributed by atoms with Gasteiger partial charge in [0.1, 0.15) is 0 Å². The Morgan fingerprint density at radius 1 is 1.32 bits per heavy atom. The number of halogens is 1. The number of hydrogen-bond donors (Lipinski definition) is 2. The van der Waals surface area contributed by atoms with Crippen molar-refractivity contribution in [3.05, 3.63) is 39.4 Å². The van der Waals surface area contributed by atoms with Gasteiger partial charge in [-0.2, -0.15) is 0 Å². The van der Waals surface area contributed by atoms with Gasteiger partial charge in [0.05, 0.1) is 22.9 Å². The van der Waals surface area contributed by atoms with Crippen LogP contribution in [0.3, 0.4) is 0 Å². The summed E-state index contributed by atoms with van der Waals surface area (Å²) in [5, 5.41) is 8.48. The first-order valence-electron chi connectivity index (χ1n) is 7.76. The first-order valence-corrected chi connectivity index (χ1v) is 9.02. The number of aryl methyl sites for hydroxylation is 2. The van der Waals surface area contributed by atoms with Gasteiger partial charge in [0.25, 0.3) is 0 Å². The number of likely N-dealkylation sites (N-methyl/N-ethyl adjacent to an activating group) is 1. The molecule has 0 spiro atoms. The molecule has 2 amide bonds. The zero-order valence-electron chi connectivity index (χ0n) is 14.6. The number of hydrogen-bond acceptors (Lipinski definition) is 5. The Morgan fingerprint density at radius 3 is 2.64 bits per heavy atom. The van der Waals surface area contributed by atoms with Crippen molar-refractivity contribution >= 4 is 45.6 Å². The summed E-state index contributed by atoms with van der Waals surface area (Å²) < 4.78 is 0. The highest BCUT2D eigenvalue weighted by molar-refractivity contribution is 7.14. The maximum atomic E-state index is 12.3. The number of aromatic nitrogens is 1. The Morgan fingerprint density at radius 2 is 2.04 bits per heavy atom. The largest absolute Gasteiger partial charge is 0.358 e. The number of carbonyl (C=O) groups is 2. The van der Waals surface area contributed by atoms with E-state index in [0.29, 0.717) is 22.4 Å². The van der Waals surface area contributed by atoms with E-state index < -0.39 is 0 Å². The van der Waals surface area contributed by atoms with Crippen LogP contribution in [-0.4, -0.2) is 30.4 Å². The summed E-state index contributed by atoms with van der Waals surface area (Å²) in [5.41, 5.74) is 3.36. The highest BCUT2D eigenvalue weighted by atomic mass is 35.5. The van der Waals surface area contributed by atoms with Gasteiger partial charge < -0.3 is 10.6 Å². The molecule has 8 heteroatoms. The van der Waals surface area contributed by atoms with Gasteiger partial charge in [-0.1, -0.05) is 17.7 Å². The van der Waals surface area contributed by atoms with Gasteiger partial charge in [0.15, 0.2) is 5.13 Å². The van der Waals surface area contributed by atoms with Gasteiger partial charge in [0.2, 0.25) is 11.8 Å². The lowest BCUT2D eigenvalue weighted by atomic mass is 10.1. The fourth-order valence-electron chi connectivity index (χ4n) is 2.45. The van der Waals surface area contributed by atoms with Crippen LogP contribution in [0.5, 0.6) is 0 Å². The molecule has 1 aromatic carbocycles. The van der Waals surface area contributed by atoms with Crippen molar-refractivity contribution < 1.29 is 9.59 Å². The van der Waals surface area contributed by atoms with Gasteiger partial charge in [0, 0.05) is 25.9 Å². The zero-order chi connectivity index (χ0) is 18.6. The third kappa shape index (κ3) is 4.78. The molecule has 25 heavy (non-hydrogen) atoms. The van der Waals surface area contributed by atoms with E-state index in [9.17, 15) is 9.59 Å². The third-order valence-electron chi connectivity index (χ3n) is 3.54. The summed E-state index contributed by atoms with van der Waals surface area (Å²) in [7, 11) is 1.59. The molecule has 0 fully saturated rings. The van der Waals surface area contributed by atoms with Crippen LogP contribution in [0, 0.1) is 13.8 Å². The Balaban J connectivity index is 2.25. The van der Waals surface area contributed by atoms with E-state index in [0.717, 1.165) is 16.8 Å². The van der Waals surface area contributed by atoms with Crippen molar-refractivity contribution in [2.45, 2.75) is 27.3 Å². The van der Waals surface area contributed by atoms with Crippen LogP contribution in [0.1, 0.15) is 23.7 Å². The predicted octanol–water partition coefficient (Wildman–Crippen LogP) is 2.93. The average Bonchev–Trinajstić information content (AvgIpc) is 2.98. The summed E-state index contributed by atoms with van der Waals surface area (Å²) in [6.45, 7) is 6.02. The van der Waals surface area contributed by atoms with E-state index >= 15 is 0 Å². The molecule has 6 nitrogen and oxygen atoms in total. The molecular formula is C17H21ClN4O2S. The van der Waals surface area contributed by atoms with Crippen molar-refractivity contribution in [3.63, 3.8) is 0 Å². The number of nitrogens with zero attached hydrogens (tertiary/aromatic N) is 2. The fraction of sp³-hybridized carbons (Fsp3) is 0.353. The third-order valence-corrected chi connectivity index (χ3v) is 4.70. The molecule has 2 rings (SSSR count). The van der Waals surface area contributed by atoms with E-state index in [-0.39, 0.29) is 18.4 Å². The second kappa shape index (κ2) is 8.42. The Bertz CT molecular complexity index is 768. The van der Waals surface area contributed by atoms with Crippen LogP contribution in [0.2, 0.25) is 5.02 Å². The van der Waals surface area contributed by atoms with Crippen molar-refractivity contribution in [1.82, 2.24) is 15.6 Å². The van der Waals surface area contributed by atoms with Crippen LogP contribution in [0.25, 0.3) is 0 Å². The van der Waals surface area contributed by atoms with Crippen molar-refractivity contribution in [2.75, 3.05) is 18.5 Å². The standard InChI is InChI=1S/C17H21ClN4O2S/c1-10-5-11(2)16(14(18)6-10)22(12(3)23)17-21-13(9-25-17)7-20-8-15(24)19-4/h5-6,9,20H,7-8H2,1-4H3,(H,19,24). The maximum absolute atomic E-state index is 12.3. The summed E-state index contributed by atoms with van der Waals surface area (Å²) in [6, 6.07) is 3.82. The topological polar surface area (TPSA) is 74.3 Å². The molecule has 0 aliphatic heterocycles. The molecule has 2 aromatic rings. The van der Waals surface area contributed by atoms with Crippen LogP contribution in [-0.2, 0) is 16.1 Å². The van der Waals surface area contributed by atoms with E-state index in [1.165, 1.54) is 23.2 Å². The predicted molar refractivity (Wildman–Crippen MR) is 102 cm³/mol. The number of thiazole rings is 1. The number of amides is 2. The van der Waals surface area contributed by atoms with Gasteiger partial charge in [-0.05, 0) is 31.0 Å². The van der Waals surface area contributed by atoms with Gasteiger partial charge in [-0.25, -0.2) is 4.98 Å². The lowest BCUT2D eigenvalue weighted by Crippen LogP contribution is -2.31. The fourth-order valence-corrected chi connectivity index (χ4v) is 3.73. The molecule has 0 radical (unpaired) electrons. The van der Waals surface area contributed by atoms with Gasteiger partial charge in [-0.3, -0.25) is 14.5 Å². The second-order valence-corrected chi connectivity index (χ2v) is 6.91. The number of carbonyl (C=O) groups excluding carboxylic acids is 2. The van der Waals surface area contributed by atoms with Crippen molar-refractivity contribution in [1.29, 1.82) is 0 Å². The van der Waals surface area contributed by atoms with E-state index in [4.69, 9.17) is 11.6 Å². The minimum atomic E-state index is -0.159. The Labute approximate surface area is 156 Å². The first kappa shape index (κ1) is 19.4. The molecule has 0 saturated carbocycles. The van der Waals surface area contributed by atoms with Crippen LogP contribution < -0.4 is 15.5 Å². The minimum Gasteiger partial charge on any atom is -0.358 e. The molecule has 2 N–H and O–H groups in total. The Kier molecular flexibility index (Phi) is 6.52. The molecule has 1 aromatic heterocycles. The van der Waals surface area contributed by atoms with Gasteiger partial charge in [-0.15, -0.1) is 11.3 Å². The monoisotopic (exact) mass is 380 g/mol. The zero-order valence-corrected chi connectivity index (χ0v) is 16.2. The molecule has 0 unspecified atom stereocenters. The van der Waals surface area contributed by atoms with E-state index in [2.05, 4.69) is 15.6 Å². The maximum Gasteiger partial charge on any atom is 0.233 e.